The molecule has 0 bridgehead atoms. The average molecular weight is 381 g/mol. The lowest BCUT2D eigenvalue weighted by atomic mass is 9.89. The summed E-state index contributed by atoms with van der Waals surface area (Å²) in [7, 11) is -3.57. The minimum absolute atomic E-state index is 0.00107. The van der Waals surface area contributed by atoms with Crippen LogP contribution in [-0.2, 0) is 19.6 Å². The zero-order chi connectivity index (χ0) is 16.7. The standard InChI is InChI=1S/C12H13ClN2O6S2/c13-8-1-2-10(22-8)23(18,19)15-5-3-12(4-6-15)7-9(14-21-12)20-11(16)17/h1-2H,3-7H2,(H,16,17). The van der Waals surface area contributed by atoms with Gasteiger partial charge in [-0.2, -0.15) is 4.31 Å². The van der Waals surface area contributed by atoms with Crippen LogP contribution in [0.4, 0.5) is 4.79 Å². The molecule has 1 N–H and O–H groups in total. The van der Waals surface area contributed by atoms with E-state index >= 15 is 0 Å². The zero-order valence-electron chi connectivity index (χ0n) is 11.8. The summed E-state index contributed by atoms with van der Waals surface area (Å²) in [6, 6.07) is 3.04. The number of hydrogen-bond donors (Lipinski definition) is 1. The number of nitrogens with zero attached hydrogens (tertiary/aromatic N) is 2. The first kappa shape index (κ1) is 16.5. The van der Waals surface area contributed by atoms with Crippen molar-refractivity contribution in [1.29, 1.82) is 0 Å². The second-order valence-corrected chi connectivity index (χ2v) is 9.15. The van der Waals surface area contributed by atoms with E-state index in [1.165, 1.54) is 10.4 Å². The molecule has 23 heavy (non-hydrogen) atoms. The Hall–Kier alpha value is -1.36. The van der Waals surface area contributed by atoms with Crippen LogP contribution in [-0.4, -0.2) is 48.6 Å². The molecule has 126 valence electrons. The van der Waals surface area contributed by atoms with Crippen LogP contribution in [0.3, 0.4) is 0 Å². The first-order valence-electron chi connectivity index (χ1n) is 6.72. The molecule has 1 spiro atoms. The molecule has 0 aromatic carbocycles. The quantitative estimate of drug-likeness (QED) is 0.789. The van der Waals surface area contributed by atoms with E-state index in [0.717, 1.165) is 11.3 Å². The highest BCUT2D eigenvalue weighted by molar-refractivity contribution is 7.91. The molecule has 2 aliphatic heterocycles. The molecule has 0 atom stereocenters. The summed E-state index contributed by atoms with van der Waals surface area (Å²) in [6.07, 6.45) is -0.417. The van der Waals surface area contributed by atoms with Crippen LogP contribution in [0.15, 0.2) is 21.5 Å². The van der Waals surface area contributed by atoms with Crippen LogP contribution in [0.5, 0.6) is 0 Å². The molecule has 3 heterocycles. The summed E-state index contributed by atoms with van der Waals surface area (Å²) < 4.78 is 31.5. The number of carbonyl (C=O) groups is 1. The normalized spacial score (nSPS) is 21.0. The molecule has 0 saturated carbocycles. The van der Waals surface area contributed by atoms with Crippen molar-refractivity contribution in [3.05, 3.63) is 16.5 Å². The van der Waals surface area contributed by atoms with Crippen molar-refractivity contribution in [2.45, 2.75) is 29.1 Å². The van der Waals surface area contributed by atoms with Gasteiger partial charge in [0.05, 0.1) is 10.8 Å². The van der Waals surface area contributed by atoms with Crippen LogP contribution < -0.4 is 0 Å². The first-order valence-corrected chi connectivity index (χ1v) is 9.36. The minimum Gasteiger partial charge on any atom is -0.449 e. The second-order valence-electron chi connectivity index (χ2n) is 5.27. The Balaban J connectivity index is 1.64. The van der Waals surface area contributed by atoms with Crippen molar-refractivity contribution in [3.8, 4) is 0 Å². The summed E-state index contributed by atoms with van der Waals surface area (Å²) in [5.41, 5.74) is -0.691. The van der Waals surface area contributed by atoms with Gasteiger partial charge in [-0.25, -0.2) is 13.2 Å². The van der Waals surface area contributed by atoms with Crippen molar-refractivity contribution in [2.75, 3.05) is 13.1 Å². The second kappa shape index (κ2) is 5.93. The number of thiophene rings is 1. The van der Waals surface area contributed by atoms with Crippen LogP contribution in [0.25, 0.3) is 0 Å². The number of carboxylic acid groups (broad SMARTS) is 1. The molecule has 1 aromatic heterocycles. The summed E-state index contributed by atoms with van der Waals surface area (Å²) >= 11 is 6.82. The van der Waals surface area contributed by atoms with Crippen LogP contribution in [0, 0.1) is 0 Å². The minimum atomic E-state index is -3.57. The third-order valence-corrected chi connectivity index (χ3v) is 7.39. The van der Waals surface area contributed by atoms with Crippen molar-refractivity contribution < 1.29 is 27.9 Å². The topological polar surface area (TPSA) is 106 Å². The van der Waals surface area contributed by atoms with Gasteiger partial charge < -0.3 is 14.7 Å². The fourth-order valence-electron chi connectivity index (χ4n) is 2.61. The van der Waals surface area contributed by atoms with Gasteiger partial charge in [-0.1, -0.05) is 16.8 Å². The molecular formula is C12H13ClN2O6S2. The van der Waals surface area contributed by atoms with Gasteiger partial charge in [0.2, 0.25) is 5.90 Å². The Morgan fingerprint density at radius 1 is 1.43 bits per heavy atom. The van der Waals surface area contributed by atoms with Crippen molar-refractivity contribution >= 4 is 45.0 Å². The van der Waals surface area contributed by atoms with Gasteiger partial charge in [0.1, 0.15) is 9.81 Å². The zero-order valence-corrected chi connectivity index (χ0v) is 14.2. The lowest BCUT2D eigenvalue weighted by molar-refractivity contribution is -0.0506. The van der Waals surface area contributed by atoms with Crippen LogP contribution in [0.1, 0.15) is 19.3 Å². The number of ether oxygens (including phenoxy) is 1. The van der Waals surface area contributed by atoms with Gasteiger partial charge in [-0.05, 0) is 12.1 Å². The Bertz CT molecular complexity index is 751. The predicted octanol–water partition coefficient (Wildman–Crippen LogP) is 2.35. The Kier molecular flexibility index (Phi) is 4.25. The van der Waals surface area contributed by atoms with E-state index in [-0.39, 0.29) is 29.6 Å². The number of hydrogen-bond acceptors (Lipinski definition) is 7. The van der Waals surface area contributed by atoms with E-state index in [1.54, 1.807) is 6.07 Å². The number of sulfonamides is 1. The van der Waals surface area contributed by atoms with E-state index in [1.807, 2.05) is 0 Å². The summed E-state index contributed by atoms with van der Waals surface area (Å²) in [6.45, 7) is 0.515. The molecule has 0 amide bonds. The Morgan fingerprint density at radius 2 is 2.13 bits per heavy atom. The number of halogens is 1. The molecule has 0 radical (unpaired) electrons. The summed E-state index contributed by atoms with van der Waals surface area (Å²) in [5, 5.41) is 12.2. The average Bonchev–Trinajstić information content (AvgIpc) is 3.07. The first-order chi connectivity index (χ1) is 10.8. The lowest BCUT2D eigenvalue weighted by Gasteiger charge is -2.35. The lowest BCUT2D eigenvalue weighted by Crippen LogP contribution is -2.46. The van der Waals surface area contributed by atoms with Gasteiger partial charge in [0, 0.05) is 25.9 Å². The maximum absolute atomic E-state index is 12.5. The van der Waals surface area contributed by atoms with E-state index < -0.39 is 21.8 Å². The van der Waals surface area contributed by atoms with Crippen molar-refractivity contribution in [3.63, 3.8) is 0 Å². The van der Waals surface area contributed by atoms with Gasteiger partial charge in [-0.15, -0.1) is 11.3 Å². The molecule has 2 aliphatic rings. The number of oxime groups is 1. The highest BCUT2D eigenvalue weighted by Gasteiger charge is 2.45. The molecule has 1 aromatic rings. The van der Waals surface area contributed by atoms with Crippen LogP contribution in [0.2, 0.25) is 4.34 Å². The predicted molar refractivity (Wildman–Crippen MR) is 82.3 cm³/mol. The molecule has 0 unspecified atom stereocenters. The maximum Gasteiger partial charge on any atom is 0.512 e. The van der Waals surface area contributed by atoms with Gasteiger partial charge >= 0.3 is 6.16 Å². The maximum atomic E-state index is 12.5. The molecule has 1 saturated heterocycles. The monoisotopic (exact) mass is 380 g/mol. The molecule has 1 fully saturated rings. The number of piperidine rings is 1. The Morgan fingerprint density at radius 3 is 2.70 bits per heavy atom. The summed E-state index contributed by atoms with van der Waals surface area (Å²) in [4.78, 5) is 15.8. The smallest absolute Gasteiger partial charge is 0.449 e. The molecule has 3 rings (SSSR count). The van der Waals surface area contributed by atoms with Gasteiger partial charge in [0.25, 0.3) is 10.0 Å². The third-order valence-electron chi connectivity index (χ3n) is 3.80. The third kappa shape index (κ3) is 3.30. The highest BCUT2D eigenvalue weighted by atomic mass is 35.5. The SMILES string of the molecule is O=C(O)OC1=NOC2(CCN(S(=O)(=O)c3ccc(Cl)s3)CC2)C1. The largest absolute Gasteiger partial charge is 0.512 e. The van der Waals surface area contributed by atoms with Crippen molar-refractivity contribution in [1.82, 2.24) is 4.31 Å². The highest BCUT2D eigenvalue weighted by Crippen LogP contribution is 2.37. The summed E-state index contributed by atoms with van der Waals surface area (Å²) in [5.74, 6) is -0.00107. The van der Waals surface area contributed by atoms with Crippen molar-refractivity contribution in [2.24, 2.45) is 5.16 Å². The molecule has 11 heteroatoms. The Labute approximate surface area is 141 Å². The van der Waals surface area contributed by atoms with Gasteiger partial charge in [0.15, 0.2) is 0 Å². The fourth-order valence-corrected chi connectivity index (χ4v) is 5.69. The molecular weight excluding hydrogens is 368 g/mol. The van der Waals surface area contributed by atoms with E-state index in [2.05, 4.69) is 9.89 Å². The molecule has 0 aliphatic carbocycles. The van der Waals surface area contributed by atoms with Crippen LogP contribution >= 0.6 is 22.9 Å². The van der Waals surface area contributed by atoms with E-state index in [9.17, 15) is 13.2 Å². The van der Waals surface area contributed by atoms with Gasteiger partial charge in [-0.3, -0.25) is 0 Å². The molecule has 8 nitrogen and oxygen atoms in total. The number of rotatable bonds is 2. The van der Waals surface area contributed by atoms with E-state index in [4.69, 9.17) is 21.5 Å². The fraction of sp³-hybridized carbons (Fsp3) is 0.500. The van der Waals surface area contributed by atoms with E-state index in [0.29, 0.717) is 17.2 Å².